The number of hydrogen-bond donors (Lipinski definition) is 1. The first-order valence-electron chi connectivity index (χ1n) is 5.75. The number of nitrogens with one attached hydrogen (secondary N) is 1. The molecule has 5 heteroatoms. The summed E-state index contributed by atoms with van der Waals surface area (Å²) in [5.41, 5.74) is 0.716. The summed E-state index contributed by atoms with van der Waals surface area (Å²) >= 11 is 13.5. The quantitative estimate of drug-likeness (QED) is 0.776. The van der Waals surface area contributed by atoms with Crippen LogP contribution in [-0.4, -0.2) is 5.91 Å². The van der Waals surface area contributed by atoms with Crippen molar-refractivity contribution in [1.82, 2.24) is 0 Å². The number of para-hydroxylation sites is 1. The Kier molecular flexibility index (Phi) is 5.12. The Hall–Kier alpha value is -1.42. The molecule has 0 saturated heterocycles. The first-order valence-corrected chi connectivity index (χ1v) is 7.33. The minimum Gasteiger partial charge on any atom is -0.321 e. The van der Waals surface area contributed by atoms with Gasteiger partial charge in [-0.25, -0.2) is 0 Å². The van der Waals surface area contributed by atoms with E-state index >= 15 is 0 Å². The van der Waals surface area contributed by atoms with Crippen molar-refractivity contribution in [2.75, 3.05) is 5.32 Å². The Balaban J connectivity index is 2.29. The van der Waals surface area contributed by atoms with Crippen LogP contribution in [0.15, 0.2) is 64.9 Å². The maximum Gasteiger partial charge on any atom is 0.247 e. The highest BCUT2D eigenvalue weighted by Gasteiger charge is 2.08. The maximum absolute atomic E-state index is 11.4. The van der Waals surface area contributed by atoms with Crippen LogP contribution in [0, 0.1) is 0 Å². The van der Waals surface area contributed by atoms with Crippen LogP contribution in [0.2, 0.25) is 10.0 Å². The SMILES string of the molecule is C=CC(=O)Nc1ccccc1Sc1ccc(Cl)cc1Cl. The summed E-state index contributed by atoms with van der Waals surface area (Å²) in [5.74, 6) is -0.250. The Morgan fingerprint density at radius 3 is 2.60 bits per heavy atom. The minimum atomic E-state index is -0.250. The molecule has 2 aromatic carbocycles. The van der Waals surface area contributed by atoms with Crippen LogP contribution in [0.4, 0.5) is 5.69 Å². The standard InChI is InChI=1S/C15H11Cl2NOS/c1-2-15(19)18-12-5-3-4-6-14(12)20-13-8-7-10(16)9-11(13)17/h2-9H,1H2,(H,18,19). The number of rotatable bonds is 4. The predicted octanol–water partition coefficient (Wildman–Crippen LogP) is 5.27. The van der Waals surface area contributed by atoms with E-state index in [9.17, 15) is 4.79 Å². The Bertz CT molecular complexity index is 658. The van der Waals surface area contributed by atoms with E-state index in [4.69, 9.17) is 23.2 Å². The van der Waals surface area contributed by atoms with Crippen LogP contribution in [0.1, 0.15) is 0 Å². The Morgan fingerprint density at radius 1 is 1.15 bits per heavy atom. The fourth-order valence-corrected chi connectivity index (χ4v) is 2.95. The zero-order chi connectivity index (χ0) is 14.5. The molecule has 0 fully saturated rings. The third-order valence-corrected chi connectivity index (χ3v) is 4.26. The molecule has 20 heavy (non-hydrogen) atoms. The summed E-state index contributed by atoms with van der Waals surface area (Å²) in [7, 11) is 0. The highest BCUT2D eigenvalue weighted by Crippen LogP contribution is 2.38. The molecule has 2 rings (SSSR count). The van der Waals surface area contributed by atoms with Gasteiger partial charge in [0.15, 0.2) is 0 Å². The Morgan fingerprint density at radius 2 is 1.90 bits per heavy atom. The summed E-state index contributed by atoms with van der Waals surface area (Å²) in [6.45, 7) is 3.44. The van der Waals surface area contributed by atoms with Crippen molar-refractivity contribution in [2.24, 2.45) is 0 Å². The normalized spacial score (nSPS) is 10.1. The second-order valence-electron chi connectivity index (χ2n) is 3.87. The number of hydrogen-bond acceptors (Lipinski definition) is 2. The van der Waals surface area contributed by atoms with Crippen molar-refractivity contribution in [3.05, 3.63) is 65.2 Å². The van der Waals surface area contributed by atoms with Crippen LogP contribution in [0.25, 0.3) is 0 Å². The van der Waals surface area contributed by atoms with E-state index in [2.05, 4.69) is 11.9 Å². The molecule has 0 atom stereocenters. The van der Waals surface area contributed by atoms with Crippen LogP contribution >= 0.6 is 35.0 Å². The first-order chi connectivity index (χ1) is 9.60. The number of halogens is 2. The van der Waals surface area contributed by atoms with Gasteiger partial charge in [0.1, 0.15) is 0 Å². The van der Waals surface area contributed by atoms with Crippen LogP contribution in [0.5, 0.6) is 0 Å². The van der Waals surface area contributed by atoms with Crippen molar-refractivity contribution >= 4 is 46.6 Å². The number of carbonyl (C=O) groups excluding carboxylic acids is 1. The zero-order valence-corrected chi connectivity index (χ0v) is 12.7. The van der Waals surface area contributed by atoms with Gasteiger partial charge in [-0.2, -0.15) is 0 Å². The maximum atomic E-state index is 11.4. The number of anilines is 1. The second-order valence-corrected chi connectivity index (χ2v) is 5.79. The molecule has 0 radical (unpaired) electrons. The van der Waals surface area contributed by atoms with Gasteiger partial charge in [0.25, 0.3) is 0 Å². The van der Waals surface area contributed by atoms with Gasteiger partial charge in [0.2, 0.25) is 5.91 Å². The van der Waals surface area contributed by atoms with E-state index in [0.717, 1.165) is 9.79 Å². The van der Waals surface area contributed by atoms with Gasteiger partial charge >= 0.3 is 0 Å². The van der Waals surface area contributed by atoms with E-state index in [1.165, 1.54) is 17.8 Å². The summed E-state index contributed by atoms with van der Waals surface area (Å²) < 4.78 is 0. The van der Waals surface area contributed by atoms with Crippen molar-refractivity contribution in [3.63, 3.8) is 0 Å². The minimum absolute atomic E-state index is 0.250. The molecule has 0 aliphatic heterocycles. The van der Waals surface area contributed by atoms with E-state index in [1.54, 1.807) is 12.1 Å². The molecule has 0 aromatic heterocycles. The zero-order valence-electron chi connectivity index (χ0n) is 10.4. The molecule has 2 aromatic rings. The fraction of sp³-hybridized carbons (Fsp3) is 0. The van der Waals surface area contributed by atoms with Gasteiger partial charge in [-0.15, -0.1) is 0 Å². The lowest BCUT2D eigenvalue weighted by Gasteiger charge is -2.10. The van der Waals surface area contributed by atoms with Crippen molar-refractivity contribution < 1.29 is 4.79 Å². The molecule has 0 saturated carbocycles. The molecular formula is C15H11Cl2NOS. The number of carbonyl (C=O) groups is 1. The number of amides is 1. The topological polar surface area (TPSA) is 29.1 Å². The van der Waals surface area contributed by atoms with Crippen LogP contribution in [-0.2, 0) is 4.79 Å². The monoisotopic (exact) mass is 323 g/mol. The Labute approximate surface area is 131 Å². The smallest absolute Gasteiger partial charge is 0.247 e. The molecule has 0 aliphatic rings. The summed E-state index contributed by atoms with van der Waals surface area (Å²) in [4.78, 5) is 13.2. The predicted molar refractivity (Wildman–Crippen MR) is 85.9 cm³/mol. The third-order valence-electron chi connectivity index (χ3n) is 2.44. The lowest BCUT2D eigenvalue weighted by molar-refractivity contribution is -0.111. The van der Waals surface area contributed by atoms with E-state index in [1.807, 2.05) is 30.3 Å². The molecular weight excluding hydrogens is 313 g/mol. The van der Waals surface area contributed by atoms with Crippen LogP contribution < -0.4 is 5.32 Å². The molecule has 0 bridgehead atoms. The van der Waals surface area contributed by atoms with Crippen LogP contribution in [0.3, 0.4) is 0 Å². The largest absolute Gasteiger partial charge is 0.321 e. The van der Waals surface area contributed by atoms with Gasteiger partial charge < -0.3 is 5.32 Å². The lowest BCUT2D eigenvalue weighted by atomic mass is 10.3. The van der Waals surface area contributed by atoms with Gasteiger partial charge in [0, 0.05) is 14.8 Å². The summed E-state index contributed by atoms with van der Waals surface area (Å²) in [5, 5.41) is 3.93. The van der Waals surface area contributed by atoms with Crippen molar-refractivity contribution in [1.29, 1.82) is 0 Å². The van der Waals surface area contributed by atoms with Gasteiger partial charge in [0.05, 0.1) is 10.7 Å². The molecule has 2 nitrogen and oxygen atoms in total. The third kappa shape index (κ3) is 3.79. The molecule has 0 heterocycles. The average Bonchev–Trinajstić information content (AvgIpc) is 2.43. The molecule has 1 amide bonds. The van der Waals surface area contributed by atoms with Gasteiger partial charge in [-0.1, -0.05) is 53.7 Å². The van der Waals surface area contributed by atoms with Crippen molar-refractivity contribution in [3.8, 4) is 0 Å². The molecule has 0 aliphatic carbocycles. The van der Waals surface area contributed by atoms with E-state index in [0.29, 0.717) is 15.7 Å². The lowest BCUT2D eigenvalue weighted by Crippen LogP contribution is -2.07. The fourth-order valence-electron chi connectivity index (χ4n) is 1.52. The highest BCUT2D eigenvalue weighted by atomic mass is 35.5. The molecule has 0 unspecified atom stereocenters. The van der Waals surface area contributed by atoms with Crippen molar-refractivity contribution in [2.45, 2.75) is 9.79 Å². The van der Waals surface area contributed by atoms with Gasteiger partial charge in [-0.3, -0.25) is 4.79 Å². The van der Waals surface area contributed by atoms with E-state index in [-0.39, 0.29) is 5.91 Å². The number of benzene rings is 2. The molecule has 1 N–H and O–H groups in total. The second kappa shape index (κ2) is 6.84. The highest BCUT2D eigenvalue weighted by molar-refractivity contribution is 7.99. The van der Waals surface area contributed by atoms with E-state index < -0.39 is 0 Å². The van der Waals surface area contributed by atoms with Gasteiger partial charge in [-0.05, 0) is 36.4 Å². The first kappa shape index (κ1) is 15.0. The molecule has 102 valence electrons. The summed E-state index contributed by atoms with van der Waals surface area (Å²) in [6, 6.07) is 12.8. The average molecular weight is 324 g/mol. The molecule has 0 spiro atoms. The summed E-state index contributed by atoms with van der Waals surface area (Å²) in [6.07, 6.45) is 1.23.